The number of nitro groups is 1. The second-order valence-electron chi connectivity index (χ2n) is 7.25. The molecule has 0 aliphatic rings. The van der Waals surface area contributed by atoms with Crippen LogP contribution in [-0.4, -0.2) is 43.7 Å². The smallest absolute Gasteiger partial charge is 0.269 e. The Kier molecular flexibility index (Phi) is 7.37. The first-order valence-corrected chi connectivity index (χ1v) is 10.9. The molecule has 32 heavy (non-hydrogen) atoms. The largest absolute Gasteiger partial charge is 0.356 e. The fourth-order valence-electron chi connectivity index (χ4n) is 3.01. The van der Waals surface area contributed by atoms with Gasteiger partial charge >= 0.3 is 0 Å². The van der Waals surface area contributed by atoms with E-state index >= 15 is 0 Å². The molecule has 9 nitrogen and oxygen atoms in total. The standard InChI is InChI=1S/C22H23N5O4S/c1-14-4-7-19(12-15(14)2)26-21(10-11-23-16(3)28)24-25-22(26)32-13-20(29)17-5-8-18(9-6-17)27(30)31/h4-9,12H,10-11,13H2,1-3H3,(H,23,28). The van der Waals surface area contributed by atoms with Crippen LogP contribution in [0, 0.1) is 24.0 Å². The number of nitro benzene ring substituents is 1. The number of nitrogens with one attached hydrogen (secondary N) is 1. The minimum absolute atomic E-state index is 0.0625. The number of amides is 1. The topological polar surface area (TPSA) is 120 Å². The summed E-state index contributed by atoms with van der Waals surface area (Å²) >= 11 is 1.24. The molecule has 0 saturated carbocycles. The summed E-state index contributed by atoms with van der Waals surface area (Å²) in [4.78, 5) is 34.1. The molecule has 1 amide bonds. The first-order valence-electron chi connectivity index (χ1n) is 9.93. The second-order valence-corrected chi connectivity index (χ2v) is 8.19. The number of non-ortho nitro benzene ring substituents is 1. The van der Waals surface area contributed by atoms with E-state index in [9.17, 15) is 19.7 Å². The van der Waals surface area contributed by atoms with Crippen molar-refractivity contribution in [1.29, 1.82) is 0 Å². The fourth-order valence-corrected chi connectivity index (χ4v) is 3.88. The number of ketones is 1. The molecule has 1 N–H and O–H groups in total. The van der Waals surface area contributed by atoms with Crippen LogP contribution in [0.5, 0.6) is 0 Å². The molecule has 10 heteroatoms. The lowest BCUT2D eigenvalue weighted by Gasteiger charge is -2.12. The van der Waals surface area contributed by atoms with Crippen LogP contribution in [0.2, 0.25) is 0 Å². The predicted octanol–water partition coefficient (Wildman–Crippen LogP) is 3.45. The highest BCUT2D eigenvalue weighted by atomic mass is 32.2. The molecule has 0 fully saturated rings. The van der Waals surface area contributed by atoms with Gasteiger partial charge in [0.15, 0.2) is 10.9 Å². The molecule has 0 aliphatic heterocycles. The Labute approximate surface area is 189 Å². The zero-order valence-corrected chi connectivity index (χ0v) is 18.8. The summed E-state index contributed by atoms with van der Waals surface area (Å²) < 4.78 is 1.89. The van der Waals surface area contributed by atoms with Gasteiger partial charge in [0.1, 0.15) is 5.82 Å². The Morgan fingerprint density at radius 3 is 2.44 bits per heavy atom. The number of carbonyl (C=O) groups is 2. The van der Waals surface area contributed by atoms with Crippen LogP contribution >= 0.6 is 11.8 Å². The van der Waals surface area contributed by atoms with Gasteiger partial charge in [0.2, 0.25) is 5.91 Å². The molecule has 166 valence electrons. The van der Waals surface area contributed by atoms with Crippen LogP contribution < -0.4 is 5.32 Å². The van der Waals surface area contributed by atoms with Gasteiger partial charge in [0.05, 0.1) is 10.7 Å². The number of carbonyl (C=O) groups excluding carboxylic acids is 2. The molecular weight excluding hydrogens is 430 g/mol. The summed E-state index contributed by atoms with van der Waals surface area (Å²) in [6.07, 6.45) is 0.483. The van der Waals surface area contributed by atoms with Gasteiger partial charge in [-0.2, -0.15) is 0 Å². The molecule has 2 aromatic carbocycles. The van der Waals surface area contributed by atoms with Gasteiger partial charge in [-0.05, 0) is 49.2 Å². The minimum Gasteiger partial charge on any atom is -0.356 e. The van der Waals surface area contributed by atoms with Gasteiger partial charge in [-0.1, -0.05) is 17.8 Å². The van der Waals surface area contributed by atoms with Crippen LogP contribution in [0.4, 0.5) is 5.69 Å². The maximum absolute atomic E-state index is 12.6. The van der Waals surface area contributed by atoms with E-state index in [1.165, 1.54) is 43.0 Å². The minimum atomic E-state index is -0.502. The zero-order chi connectivity index (χ0) is 23.3. The molecule has 0 spiro atoms. The summed E-state index contributed by atoms with van der Waals surface area (Å²) in [5.41, 5.74) is 3.48. The molecule has 0 saturated heterocycles. The summed E-state index contributed by atoms with van der Waals surface area (Å²) in [5.74, 6) is 0.490. The number of hydrogen-bond donors (Lipinski definition) is 1. The molecule has 3 rings (SSSR count). The number of thioether (sulfide) groups is 1. The second kappa shape index (κ2) is 10.2. The van der Waals surface area contributed by atoms with Gasteiger partial charge in [-0.25, -0.2) is 0 Å². The highest BCUT2D eigenvalue weighted by molar-refractivity contribution is 7.99. The van der Waals surface area contributed by atoms with E-state index in [-0.39, 0.29) is 23.1 Å². The number of nitrogens with zero attached hydrogens (tertiary/aromatic N) is 4. The molecule has 0 atom stereocenters. The van der Waals surface area contributed by atoms with Crippen LogP contribution in [-0.2, 0) is 11.2 Å². The third-order valence-corrected chi connectivity index (χ3v) is 5.83. The Morgan fingerprint density at radius 2 is 1.81 bits per heavy atom. The maximum Gasteiger partial charge on any atom is 0.269 e. The Hall–Kier alpha value is -3.53. The lowest BCUT2D eigenvalue weighted by Crippen LogP contribution is -2.23. The summed E-state index contributed by atoms with van der Waals surface area (Å²) in [6, 6.07) is 11.5. The first kappa shape index (κ1) is 23.1. The third kappa shape index (κ3) is 5.58. The van der Waals surface area contributed by atoms with Gasteiger partial charge in [0.25, 0.3) is 5.69 Å². The van der Waals surface area contributed by atoms with E-state index in [0.29, 0.717) is 29.5 Å². The number of aryl methyl sites for hydroxylation is 2. The van der Waals surface area contributed by atoms with Crippen molar-refractivity contribution in [3.63, 3.8) is 0 Å². The third-order valence-electron chi connectivity index (χ3n) is 4.90. The summed E-state index contributed by atoms with van der Waals surface area (Å²) in [5, 5.41) is 22.7. The van der Waals surface area contributed by atoms with Crippen molar-refractivity contribution in [3.8, 4) is 5.69 Å². The molecule has 0 aliphatic carbocycles. The van der Waals surface area contributed by atoms with Crippen LogP contribution in [0.1, 0.15) is 34.2 Å². The molecule has 0 bridgehead atoms. The Balaban J connectivity index is 1.82. The van der Waals surface area contributed by atoms with E-state index in [1.54, 1.807) is 0 Å². The number of aromatic nitrogens is 3. The van der Waals surface area contributed by atoms with Crippen molar-refractivity contribution < 1.29 is 14.5 Å². The van der Waals surface area contributed by atoms with E-state index in [4.69, 9.17) is 0 Å². The maximum atomic E-state index is 12.6. The van der Waals surface area contributed by atoms with Crippen molar-refractivity contribution >= 4 is 29.1 Å². The molecule has 0 radical (unpaired) electrons. The number of benzene rings is 2. The van der Waals surface area contributed by atoms with Crippen LogP contribution in [0.15, 0.2) is 47.6 Å². The molecular formula is C22H23N5O4S. The van der Waals surface area contributed by atoms with Crippen molar-refractivity contribution in [2.75, 3.05) is 12.3 Å². The SMILES string of the molecule is CC(=O)NCCc1nnc(SCC(=O)c2ccc([N+](=O)[O-])cc2)n1-c1ccc(C)c(C)c1. The van der Waals surface area contributed by atoms with E-state index in [1.807, 2.05) is 36.6 Å². The quantitative estimate of drug-likeness (QED) is 0.228. The summed E-state index contributed by atoms with van der Waals surface area (Å²) in [7, 11) is 0. The number of hydrogen-bond acceptors (Lipinski definition) is 7. The Morgan fingerprint density at radius 1 is 1.09 bits per heavy atom. The fraction of sp³-hybridized carbons (Fsp3) is 0.273. The lowest BCUT2D eigenvalue weighted by molar-refractivity contribution is -0.384. The van der Waals surface area contributed by atoms with Crippen LogP contribution in [0.3, 0.4) is 0 Å². The zero-order valence-electron chi connectivity index (χ0n) is 18.0. The predicted molar refractivity (Wildman–Crippen MR) is 121 cm³/mol. The lowest BCUT2D eigenvalue weighted by atomic mass is 10.1. The molecule has 3 aromatic rings. The highest BCUT2D eigenvalue weighted by Crippen LogP contribution is 2.25. The Bertz CT molecular complexity index is 1160. The molecule has 0 unspecified atom stereocenters. The number of rotatable bonds is 9. The van der Waals surface area contributed by atoms with Crippen LogP contribution in [0.25, 0.3) is 5.69 Å². The van der Waals surface area contributed by atoms with Crippen molar-refractivity contribution in [2.24, 2.45) is 0 Å². The number of Topliss-reactive ketones (excluding diaryl/α,β-unsaturated/α-hetero) is 1. The highest BCUT2D eigenvalue weighted by Gasteiger charge is 2.17. The van der Waals surface area contributed by atoms with E-state index in [0.717, 1.165) is 16.8 Å². The van der Waals surface area contributed by atoms with Crippen molar-refractivity contribution in [2.45, 2.75) is 32.3 Å². The first-order chi connectivity index (χ1) is 15.3. The monoisotopic (exact) mass is 453 g/mol. The normalized spacial score (nSPS) is 10.7. The van der Waals surface area contributed by atoms with Crippen molar-refractivity contribution in [1.82, 2.24) is 20.1 Å². The molecule has 1 heterocycles. The van der Waals surface area contributed by atoms with E-state index in [2.05, 4.69) is 15.5 Å². The molecule has 1 aromatic heterocycles. The van der Waals surface area contributed by atoms with Gasteiger partial charge in [-0.3, -0.25) is 24.3 Å². The average Bonchev–Trinajstić information content (AvgIpc) is 3.16. The average molecular weight is 454 g/mol. The van der Waals surface area contributed by atoms with Gasteiger partial charge < -0.3 is 5.32 Å². The van der Waals surface area contributed by atoms with Gasteiger partial charge in [0, 0.05) is 43.3 Å². The van der Waals surface area contributed by atoms with Gasteiger partial charge in [-0.15, -0.1) is 10.2 Å². The van der Waals surface area contributed by atoms with E-state index < -0.39 is 4.92 Å². The summed E-state index contributed by atoms with van der Waals surface area (Å²) in [6.45, 7) is 5.93. The van der Waals surface area contributed by atoms with Crippen molar-refractivity contribution in [3.05, 3.63) is 75.1 Å².